The number of amides is 1. The standard InChI is InChI=1S/C18H18N4O5/c1-16-10-20(18(9-19)8-12(16)3-4-17(16,18)2)15(23)11-5-13(21(24)25)7-14(6-11)22(26)27/h5-7,12H,3-4,8,10H2,1-2H3/t12-,16-,17+,18-/m1/s1. The van der Waals surface area contributed by atoms with Gasteiger partial charge in [-0.15, -0.1) is 0 Å². The van der Waals surface area contributed by atoms with Gasteiger partial charge in [-0.2, -0.15) is 5.26 Å². The second-order valence-corrected chi connectivity index (χ2v) is 8.30. The summed E-state index contributed by atoms with van der Waals surface area (Å²) in [6.07, 6.45) is 2.46. The highest BCUT2D eigenvalue weighted by Crippen LogP contribution is 2.75. The Bertz CT molecular complexity index is 923. The molecule has 0 N–H and O–H groups in total. The van der Waals surface area contributed by atoms with Gasteiger partial charge in [-0.05, 0) is 30.6 Å². The molecule has 9 nitrogen and oxygen atoms in total. The third kappa shape index (κ3) is 1.85. The minimum Gasteiger partial charge on any atom is -0.319 e. The molecular weight excluding hydrogens is 352 g/mol. The van der Waals surface area contributed by atoms with E-state index >= 15 is 0 Å². The zero-order valence-corrected chi connectivity index (χ0v) is 15.0. The molecule has 1 amide bonds. The highest BCUT2D eigenvalue weighted by atomic mass is 16.6. The van der Waals surface area contributed by atoms with Crippen molar-refractivity contribution < 1.29 is 14.6 Å². The highest BCUT2D eigenvalue weighted by molar-refractivity contribution is 5.97. The summed E-state index contributed by atoms with van der Waals surface area (Å²) in [7, 11) is 0. The van der Waals surface area contributed by atoms with E-state index in [9.17, 15) is 30.3 Å². The Morgan fingerprint density at radius 2 is 1.81 bits per heavy atom. The lowest BCUT2D eigenvalue weighted by Crippen LogP contribution is -2.54. The molecule has 140 valence electrons. The lowest BCUT2D eigenvalue weighted by molar-refractivity contribution is -0.394. The summed E-state index contributed by atoms with van der Waals surface area (Å²) in [4.78, 5) is 35.5. The number of piperidine rings is 1. The molecule has 0 spiro atoms. The van der Waals surface area contributed by atoms with Gasteiger partial charge in [0.15, 0.2) is 0 Å². The molecule has 1 heterocycles. The van der Waals surface area contributed by atoms with E-state index in [0.717, 1.165) is 31.0 Å². The van der Waals surface area contributed by atoms with Gasteiger partial charge in [0.25, 0.3) is 17.3 Å². The molecule has 1 saturated heterocycles. The Morgan fingerprint density at radius 1 is 1.22 bits per heavy atom. The van der Waals surface area contributed by atoms with Gasteiger partial charge in [0, 0.05) is 24.1 Å². The molecule has 3 aliphatic rings. The van der Waals surface area contributed by atoms with E-state index in [1.165, 1.54) is 4.90 Å². The average Bonchev–Trinajstić information content (AvgIpc) is 3.09. The quantitative estimate of drug-likeness (QED) is 0.593. The second kappa shape index (κ2) is 5.03. The molecule has 0 radical (unpaired) electrons. The number of likely N-dealkylation sites (tertiary alicyclic amines) is 1. The zero-order valence-electron chi connectivity index (χ0n) is 15.0. The van der Waals surface area contributed by atoms with Crippen LogP contribution in [0.3, 0.4) is 0 Å². The summed E-state index contributed by atoms with van der Waals surface area (Å²) >= 11 is 0. The largest absolute Gasteiger partial charge is 0.319 e. The maximum Gasteiger partial charge on any atom is 0.277 e. The van der Waals surface area contributed by atoms with Crippen LogP contribution in [0.1, 0.15) is 43.5 Å². The summed E-state index contributed by atoms with van der Waals surface area (Å²) in [5.74, 6) is -0.190. The Hall–Kier alpha value is -3.02. The van der Waals surface area contributed by atoms with Crippen molar-refractivity contribution >= 4 is 17.3 Å². The number of carbonyl (C=O) groups is 1. The number of non-ortho nitro benzene ring substituents is 2. The summed E-state index contributed by atoms with van der Waals surface area (Å²) in [6, 6.07) is 5.31. The van der Waals surface area contributed by atoms with E-state index in [1.807, 2.05) is 6.92 Å². The Labute approximate surface area is 154 Å². The highest BCUT2D eigenvalue weighted by Gasteiger charge is 2.78. The normalized spacial score (nSPS) is 35.9. The number of carbonyl (C=O) groups excluding carboxylic acids is 1. The van der Waals surface area contributed by atoms with Crippen LogP contribution in [-0.4, -0.2) is 32.7 Å². The number of hydrogen-bond acceptors (Lipinski definition) is 6. The molecule has 3 fully saturated rings. The first-order chi connectivity index (χ1) is 12.6. The number of nitriles is 1. The van der Waals surface area contributed by atoms with Crippen LogP contribution in [0, 0.1) is 48.3 Å². The molecule has 1 aliphatic heterocycles. The van der Waals surface area contributed by atoms with Crippen molar-refractivity contribution in [1.29, 1.82) is 5.26 Å². The molecular formula is C18H18N4O5. The zero-order chi connectivity index (χ0) is 19.8. The number of nitro benzene ring substituents is 2. The van der Waals surface area contributed by atoms with Crippen molar-refractivity contribution in [2.75, 3.05) is 6.54 Å². The Balaban J connectivity index is 1.80. The number of hydrogen-bond donors (Lipinski definition) is 0. The van der Waals surface area contributed by atoms with Gasteiger partial charge in [0.1, 0.15) is 5.54 Å². The van der Waals surface area contributed by atoms with Gasteiger partial charge < -0.3 is 4.90 Å². The van der Waals surface area contributed by atoms with Crippen LogP contribution in [0.2, 0.25) is 0 Å². The van der Waals surface area contributed by atoms with Gasteiger partial charge in [-0.25, -0.2) is 0 Å². The molecule has 9 heteroatoms. The fraction of sp³-hybridized carbons (Fsp3) is 0.556. The van der Waals surface area contributed by atoms with Crippen molar-refractivity contribution in [1.82, 2.24) is 4.90 Å². The van der Waals surface area contributed by atoms with Crippen molar-refractivity contribution in [3.8, 4) is 6.07 Å². The average molecular weight is 370 g/mol. The third-order valence-electron chi connectivity index (χ3n) is 7.56. The number of nitro groups is 2. The molecule has 1 aromatic rings. The lowest BCUT2D eigenvalue weighted by atomic mass is 9.66. The van der Waals surface area contributed by atoms with Crippen LogP contribution < -0.4 is 0 Å². The number of rotatable bonds is 3. The maximum atomic E-state index is 13.2. The van der Waals surface area contributed by atoms with E-state index in [0.29, 0.717) is 18.9 Å². The van der Waals surface area contributed by atoms with E-state index in [1.54, 1.807) is 0 Å². The van der Waals surface area contributed by atoms with Crippen LogP contribution in [0.15, 0.2) is 18.2 Å². The van der Waals surface area contributed by atoms with Crippen molar-refractivity contribution in [3.05, 3.63) is 44.0 Å². The van der Waals surface area contributed by atoms with Crippen LogP contribution >= 0.6 is 0 Å². The van der Waals surface area contributed by atoms with Crippen LogP contribution in [0.4, 0.5) is 11.4 Å². The van der Waals surface area contributed by atoms with Gasteiger partial charge in [0.05, 0.1) is 27.5 Å². The first-order valence-electron chi connectivity index (χ1n) is 8.77. The van der Waals surface area contributed by atoms with Gasteiger partial charge in [0.2, 0.25) is 0 Å². The van der Waals surface area contributed by atoms with Crippen LogP contribution in [0.5, 0.6) is 0 Å². The van der Waals surface area contributed by atoms with Crippen molar-refractivity contribution in [2.45, 2.75) is 38.6 Å². The van der Waals surface area contributed by atoms with E-state index in [2.05, 4.69) is 13.0 Å². The smallest absolute Gasteiger partial charge is 0.277 e. The maximum absolute atomic E-state index is 13.2. The summed E-state index contributed by atoms with van der Waals surface area (Å²) < 4.78 is 0. The molecule has 2 aliphatic carbocycles. The SMILES string of the molecule is C[C@@]12CC[C@@H]3C[C@]1(C#N)N(C(=O)c1cc([N+](=O)[O-])cc([N+](=O)[O-])c1)C[C@]32C. The fourth-order valence-electron chi connectivity index (χ4n) is 5.84. The van der Waals surface area contributed by atoms with Gasteiger partial charge in [-0.3, -0.25) is 25.0 Å². The van der Waals surface area contributed by atoms with Crippen molar-refractivity contribution in [3.63, 3.8) is 0 Å². The number of nitrogens with zero attached hydrogens (tertiary/aromatic N) is 4. The summed E-state index contributed by atoms with van der Waals surface area (Å²) in [5.41, 5.74) is -2.65. The first kappa shape index (κ1) is 17.4. The molecule has 0 aromatic heterocycles. The topological polar surface area (TPSA) is 130 Å². The van der Waals surface area contributed by atoms with E-state index in [4.69, 9.17) is 0 Å². The van der Waals surface area contributed by atoms with Crippen molar-refractivity contribution in [2.24, 2.45) is 16.7 Å². The minimum absolute atomic E-state index is 0.124. The molecule has 1 aromatic carbocycles. The first-order valence-corrected chi connectivity index (χ1v) is 8.77. The van der Waals surface area contributed by atoms with Crippen LogP contribution in [0.25, 0.3) is 0 Å². The molecule has 2 saturated carbocycles. The fourth-order valence-corrected chi connectivity index (χ4v) is 5.84. The third-order valence-corrected chi connectivity index (χ3v) is 7.56. The Morgan fingerprint density at radius 3 is 2.30 bits per heavy atom. The molecule has 4 atom stereocenters. The van der Waals surface area contributed by atoms with Gasteiger partial charge >= 0.3 is 0 Å². The summed E-state index contributed by atoms with van der Waals surface area (Å²) in [6.45, 7) is 4.54. The molecule has 4 bridgehead atoms. The number of benzene rings is 1. The molecule has 27 heavy (non-hydrogen) atoms. The minimum atomic E-state index is -0.971. The van der Waals surface area contributed by atoms with E-state index in [-0.39, 0.29) is 16.4 Å². The second-order valence-electron chi connectivity index (χ2n) is 8.30. The molecule has 4 rings (SSSR count). The van der Waals surface area contributed by atoms with E-state index < -0.39 is 32.7 Å². The predicted molar refractivity (Wildman–Crippen MR) is 92.7 cm³/mol. The monoisotopic (exact) mass is 370 g/mol. The summed E-state index contributed by atoms with van der Waals surface area (Å²) in [5, 5.41) is 32.3. The predicted octanol–water partition coefficient (Wildman–Crippen LogP) is 3.05. The molecule has 0 unspecified atom stereocenters. The lowest BCUT2D eigenvalue weighted by Gasteiger charge is -2.43. The van der Waals surface area contributed by atoms with Crippen LogP contribution in [-0.2, 0) is 0 Å². The Kier molecular flexibility index (Phi) is 3.24. The van der Waals surface area contributed by atoms with Gasteiger partial charge in [-0.1, -0.05) is 13.8 Å².